The van der Waals surface area contributed by atoms with E-state index in [1.165, 1.54) is 20.1 Å². The van der Waals surface area contributed by atoms with Gasteiger partial charge in [0.05, 0.1) is 11.4 Å². The molecule has 2 unspecified atom stereocenters. The van der Waals surface area contributed by atoms with Gasteiger partial charge in [-0.05, 0) is 20.8 Å². The van der Waals surface area contributed by atoms with Crippen LogP contribution in [0.3, 0.4) is 0 Å². The maximum Gasteiger partial charge on any atom is 0.325 e. The number of carboxylic acids is 1. The van der Waals surface area contributed by atoms with Crippen LogP contribution in [-0.4, -0.2) is 51.5 Å². The van der Waals surface area contributed by atoms with Gasteiger partial charge < -0.3 is 5.11 Å². The number of aliphatic carboxylic acids is 1. The number of rotatable bonds is 7. The molecule has 120 valence electrons. The largest absolute Gasteiger partial charge is 0.480 e. The maximum atomic E-state index is 12.4. The highest BCUT2D eigenvalue weighted by molar-refractivity contribution is 7.89. The van der Waals surface area contributed by atoms with Crippen molar-refractivity contribution in [3.8, 4) is 0 Å². The second-order valence-electron chi connectivity index (χ2n) is 4.81. The first kappa shape index (κ1) is 17.8. The van der Waals surface area contributed by atoms with Gasteiger partial charge in [-0.3, -0.25) is 13.7 Å². The predicted molar refractivity (Wildman–Crippen MR) is 78.1 cm³/mol. The Hall–Kier alpha value is -1.26. The van der Waals surface area contributed by atoms with Crippen molar-refractivity contribution in [3.05, 3.63) is 11.4 Å². The third kappa shape index (κ3) is 4.61. The van der Waals surface area contributed by atoms with E-state index in [2.05, 4.69) is 9.82 Å². The molecule has 0 aliphatic heterocycles. The number of carboxylic acid groups (broad SMARTS) is 1. The number of nitrogens with zero attached hydrogens (tertiary/aromatic N) is 2. The summed E-state index contributed by atoms with van der Waals surface area (Å²) in [6.45, 7) is 4.21. The Morgan fingerprint density at radius 3 is 2.52 bits per heavy atom. The number of hydrogen-bond donors (Lipinski definition) is 2. The first-order valence-corrected chi connectivity index (χ1v) is 9.33. The Kier molecular flexibility index (Phi) is 5.65. The van der Waals surface area contributed by atoms with Crippen molar-refractivity contribution in [1.82, 2.24) is 14.5 Å². The summed E-state index contributed by atoms with van der Waals surface area (Å²) in [5.74, 6) is -0.909. The van der Waals surface area contributed by atoms with Crippen LogP contribution in [-0.2, 0) is 32.2 Å². The van der Waals surface area contributed by atoms with Crippen molar-refractivity contribution in [2.75, 3.05) is 12.0 Å². The van der Waals surface area contributed by atoms with Gasteiger partial charge in [0, 0.05) is 28.9 Å². The van der Waals surface area contributed by atoms with E-state index in [4.69, 9.17) is 5.11 Å². The summed E-state index contributed by atoms with van der Waals surface area (Å²) in [6, 6.07) is -0.498. The van der Waals surface area contributed by atoms with Gasteiger partial charge in [-0.25, -0.2) is 13.1 Å². The van der Waals surface area contributed by atoms with Gasteiger partial charge in [0.2, 0.25) is 10.0 Å². The van der Waals surface area contributed by atoms with Crippen LogP contribution in [0.2, 0.25) is 0 Å². The van der Waals surface area contributed by atoms with E-state index in [9.17, 15) is 17.4 Å². The van der Waals surface area contributed by atoms with E-state index >= 15 is 0 Å². The first-order valence-electron chi connectivity index (χ1n) is 6.12. The molecule has 1 aromatic rings. The van der Waals surface area contributed by atoms with Crippen LogP contribution >= 0.6 is 0 Å². The maximum absolute atomic E-state index is 12.4. The third-order valence-corrected chi connectivity index (χ3v) is 5.52. The van der Waals surface area contributed by atoms with Gasteiger partial charge >= 0.3 is 5.97 Å². The second kappa shape index (κ2) is 6.67. The van der Waals surface area contributed by atoms with E-state index in [1.54, 1.807) is 6.92 Å². The predicted octanol–water partition coefficient (Wildman–Crippen LogP) is -0.370. The topological polar surface area (TPSA) is 118 Å². The number of nitrogens with one attached hydrogen (secondary N) is 1. The van der Waals surface area contributed by atoms with Gasteiger partial charge in [-0.15, -0.1) is 0 Å². The van der Waals surface area contributed by atoms with Crippen LogP contribution in [0.15, 0.2) is 4.90 Å². The summed E-state index contributed by atoms with van der Waals surface area (Å²) < 4.78 is 39.4. The fourth-order valence-electron chi connectivity index (χ4n) is 2.06. The molecule has 10 heteroatoms. The number of sulfonamides is 1. The van der Waals surface area contributed by atoms with Crippen LogP contribution in [0.5, 0.6) is 0 Å². The van der Waals surface area contributed by atoms with Crippen LogP contribution in [0.25, 0.3) is 0 Å². The van der Waals surface area contributed by atoms with Gasteiger partial charge in [-0.1, -0.05) is 0 Å². The standard InChI is InChI=1S/C11H19N3O5S2/c1-7(6-20(4)17)13-21(18,19)11-8(2)12-14(9(11)3)5-10(15)16/h7,13H,5-6H2,1-4H3,(H,15,16). The molecule has 1 heterocycles. The van der Waals surface area contributed by atoms with Gasteiger partial charge in [0.25, 0.3) is 0 Å². The molecule has 21 heavy (non-hydrogen) atoms. The highest BCUT2D eigenvalue weighted by atomic mass is 32.2. The molecule has 0 aromatic carbocycles. The van der Waals surface area contributed by atoms with Gasteiger partial charge in [0.15, 0.2) is 0 Å². The summed E-state index contributed by atoms with van der Waals surface area (Å²) in [5.41, 5.74) is 0.485. The summed E-state index contributed by atoms with van der Waals surface area (Å²) in [5, 5.41) is 12.7. The lowest BCUT2D eigenvalue weighted by molar-refractivity contribution is -0.137. The molecule has 0 spiro atoms. The Morgan fingerprint density at radius 1 is 1.48 bits per heavy atom. The van der Waals surface area contributed by atoms with Crippen LogP contribution in [0.1, 0.15) is 18.3 Å². The molecule has 2 atom stereocenters. The number of hydrogen-bond acceptors (Lipinski definition) is 5. The number of carbonyl (C=O) groups is 1. The molecule has 0 aliphatic carbocycles. The van der Waals surface area contributed by atoms with Crippen LogP contribution in [0, 0.1) is 13.8 Å². The monoisotopic (exact) mass is 337 g/mol. The molecule has 2 N–H and O–H groups in total. The first-order chi connectivity index (χ1) is 9.54. The average molecular weight is 337 g/mol. The number of aryl methyl sites for hydroxylation is 1. The second-order valence-corrected chi connectivity index (χ2v) is 7.94. The van der Waals surface area contributed by atoms with Crippen molar-refractivity contribution < 1.29 is 22.5 Å². The van der Waals surface area contributed by atoms with Crippen LogP contribution in [0.4, 0.5) is 0 Å². The van der Waals surface area contributed by atoms with Crippen molar-refractivity contribution in [3.63, 3.8) is 0 Å². The molecule has 0 bridgehead atoms. The molecule has 0 saturated carbocycles. The minimum atomic E-state index is -3.84. The van der Waals surface area contributed by atoms with Crippen molar-refractivity contribution in [2.24, 2.45) is 0 Å². The molecule has 8 nitrogen and oxygen atoms in total. The summed E-state index contributed by atoms with van der Waals surface area (Å²) in [4.78, 5) is 10.7. The zero-order chi connectivity index (χ0) is 16.4. The molecule has 0 amide bonds. The minimum Gasteiger partial charge on any atom is -0.480 e. The fourth-order valence-corrected chi connectivity index (χ4v) is 4.61. The Morgan fingerprint density at radius 2 is 2.05 bits per heavy atom. The molecule has 1 rings (SSSR count). The molecule has 0 fully saturated rings. The summed E-state index contributed by atoms with van der Waals surface area (Å²) >= 11 is 0. The molecule has 1 aromatic heterocycles. The highest BCUT2D eigenvalue weighted by Crippen LogP contribution is 2.19. The zero-order valence-corrected chi connectivity index (χ0v) is 13.9. The Labute approximate surface area is 126 Å². The molecule has 0 aliphatic rings. The lowest BCUT2D eigenvalue weighted by atomic mass is 10.4. The van der Waals surface area contributed by atoms with Gasteiger partial charge in [-0.2, -0.15) is 5.10 Å². The Balaban J connectivity index is 3.11. The summed E-state index contributed by atoms with van der Waals surface area (Å²) in [6.07, 6.45) is 1.49. The van der Waals surface area contributed by atoms with E-state index in [1.807, 2.05) is 0 Å². The third-order valence-electron chi connectivity index (χ3n) is 2.71. The van der Waals surface area contributed by atoms with E-state index in [0.29, 0.717) is 0 Å². The average Bonchev–Trinajstić information content (AvgIpc) is 2.50. The Bertz CT molecular complexity index is 666. The quantitative estimate of drug-likeness (QED) is 0.701. The normalized spacial score (nSPS) is 14.9. The van der Waals surface area contributed by atoms with Gasteiger partial charge in [0.1, 0.15) is 11.4 Å². The lowest BCUT2D eigenvalue weighted by Gasteiger charge is -2.13. The van der Waals surface area contributed by atoms with Crippen LogP contribution < -0.4 is 4.72 Å². The molecular formula is C11H19N3O5S2. The molecule has 0 saturated heterocycles. The molecular weight excluding hydrogens is 318 g/mol. The van der Waals surface area contributed by atoms with E-state index in [-0.39, 0.29) is 22.0 Å². The highest BCUT2D eigenvalue weighted by Gasteiger charge is 2.26. The number of aromatic nitrogens is 2. The lowest BCUT2D eigenvalue weighted by Crippen LogP contribution is -2.36. The minimum absolute atomic E-state index is 0.0301. The molecule has 0 radical (unpaired) electrons. The zero-order valence-electron chi connectivity index (χ0n) is 12.3. The van der Waals surface area contributed by atoms with Crippen molar-refractivity contribution in [1.29, 1.82) is 0 Å². The smallest absolute Gasteiger partial charge is 0.325 e. The van der Waals surface area contributed by atoms with Crippen molar-refractivity contribution >= 4 is 26.8 Å². The summed E-state index contributed by atoms with van der Waals surface area (Å²) in [7, 11) is -4.97. The van der Waals surface area contributed by atoms with E-state index < -0.39 is 39.4 Å². The van der Waals surface area contributed by atoms with Crippen molar-refractivity contribution in [2.45, 2.75) is 38.3 Å². The van der Waals surface area contributed by atoms with E-state index in [0.717, 1.165) is 4.68 Å². The fraction of sp³-hybridized carbons (Fsp3) is 0.636. The SMILES string of the molecule is Cc1nn(CC(=O)O)c(C)c1S(=O)(=O)NC(C)CS(C)=O.